The second-order valence-electron chi connectivity index (χ2n) is 3.07. The van der Waals surface area contributed by atoms with E-state index in [1.165, 1.54) is 5.39 Å². The molecule has 0 heterocycles. The smallest absolute Gasteiger partial charge is 0.104 e. The minimum Gasteiger partial charge on any atom is -0.389 e. The van der Waals surface area contributed by atoms with Gasteiger partial charge in [-0.25, -0.2) is 0 Å². The predicted octanol–water partition coefficient (Wildman–Crippen LogP) is 3.24. The Bertz CT molecular complexity index is 508. The van der Waals surface area contributed by atoms with Crippen molar-refractivity contribution in [3.8, 4) is 0 Å². The molecule has 0 saturated heterocycles. The minimum absolute atomic E-state index is 0.440. The van der Waals surface area contributed by atoms with Gasteiger partial charge in [0.15, 0.2) is 0 Å². The SMILES string of the molecule is NC(=S)c1ccc2cc(Br)ccc2c1. The highest BCUT2D eigenvalue weighted by atomic mass is 79.9. The number of hydrogen-bond acceptors (Lipinski definition) is 1. The monoisotopic (exact) mass is 265 g/mol. The lowest BCUT2D eigenvalue weighted by Gasteiger charge is -2.02. The van der Waals surface area contributed by atoms with E-state index in [4.69, 9.17) is 18.0 Å². The Hall–Kier alpha value is -0.930. The molecular weight excluding hydrogens is 258 g/mol. The van der Waals surface area contributed by atoms with Gasteiger partial charge in [-0.05, 0) is 29.0 Å². The van der Waals surface area contributed by atoms with Crippen LogP contribution in [-0.4, -0.2) is 4.99 Å². The van der Waals surface area contributed by atoms with Crippen molar-refractivity contribution in [2.24, 2.45) is 5.73 Å². The molecule has 0 radical (unpaired) electrons. The van der Waals surface area contributed by atoms with E-state index in [0.29, 0.717) is 4.99 Å². The number of hydrogen-bond donors (Lipinski definition) is 1. The van der Waals surface area contributed by atoms with E-state index in [2.05, 4.69) is 22.0 Å². The zero-order chi connectivity index (χ0) is 10.1. The van der Waals surface area contributed by atoms with Crippen molar-refractivity contribution in [3.05, 3.63) is 46.4 Å². The summed E-state index contributed by atoms with van der Waals surface area (Å²) in [6.45, 7) is 0. The average molecular weight is 266 g/mol. The maximum atomic E-state index is 5.56. The summed E-state index contributed by atoms with van der Waals surface area (Å²) >= 11 is 8.35. The fourth-order valence-corrected chi connectivity index (χ4v) is 1.88. The lowest BCUT2D eigenvalue weighted by Crippen LogP contribution is -2.08. The van der Waals surface area contributed by atoms with E-state index >= 15 is 0 Å². The summed E-state index contributed by atoms with van der Waals surface area (Å²) < 4.78 is 1.08. The van der Waals surface area contributed by atoms with Crippen LogP contribution in [0.2, 0.25) is 0 Å². The third-order valence-corrected chi connectivity index (χ3v) is 2.82. The van der Waals surface area contributed by atoms with Crippen LogP contribution in [0.15, 0.2) is 40.9 Å². The van der Waals surface area contributed by atoms with Gasteiger partial charge in [0.2, 0.25) is 0 Å². The first kappa shape index (κ1) is 9.62. The Morgan fingerprint density at radius 3 is 2.43 bits per heavy atom. The van der Waals surface area contributed by atoms with Crippen molar-refractivity contribution in [2.75, 3.05) is 0 Å². The van der Waals surface area contributed by atoms with Crippen LogP contribution in [0.25, 0.3) is 10.8 Å². The lowest BCUT2D eigenvalue weighted by atomic mass is 10.1. The van der Waals surface area contributed by atoms with Gasteiger partial charge in [0.05, 0.1) is 0 Å². The summed E-state index contributed by atoms with van der Waals surface area (Å²) in [5, 5.41) is 2.33. The van der Waals surface area contributed by atoms with Gasteiger partial charge in [-0.2, -0.15) is 0 Å². The summed E-state index contributed by atoms with van der Waals surface area (Å²) in [5.41, 5.74) is 6.47. The average Bonchev–Trinajstić information content (AvgIpc) is 2.16. The van der Waals surface area contributed by atoms with E-state index in [-0.39, 0.29) is 0 Å². The van der Waals surface area contributed by atoms with Crippen LogP contribution in [0.5, 0.6) is 0 Å². The molecule has 0 aliphatic rings. The molecular formula is C11H8BrNS. The fraction of sp³-hybridized carbons (Fsp3) is 0. The first-order valence-corrected chi connectivity index (χ1v) is 5.36. The summed E-state index contributed by atoms with van der Waals surface area (Å²) in [6, 6.07) is 12.1. The second-order valence-corrected chi connectivity index (χ2v) is 4.43. The van der Waals surface area contributed by atoms with Gasteiger partial charge in [-0.1, -0.05) is 46.3 Å². The maximum absolute atomic E-state index is 5.56. The third-order valence-electron chi connectivity index (χ3n) is 2.09. The predicted molar refractivity (Wildman–Crippen MR) is 67.5 cm³/mol. The highest BCUT2D eigenvalue weighted by Crippen LogP contribution is 2.20. The van der Waals surface area contributed by atoms with Crippen LogP contribution in [0.4, 0.5) is 0 Å². The Morgan fingerprint density at radius 1 is 1.07 bits per heavy atom. The molecule has 14 heavy (non-hydrogen) atoms. The quantitative estimate of drug-likeness (QED) is 0.802. The van der Waals surface area contributed by atoms with Crippen molar-refractivity contribution in [1.82, 2.24) is 0 Å². The molecule has 3 heteroatoms. The topological polar surface area (TPSA) is 26.0 Å². The molecule has 0 spiro atoms. The van der Waals surface area contributed by atoms with Crippen LogP contribution in [0.1, 0.15) is 5.56 Å². The van der Waals surface area contributed by atoms with Crippen LogP contribution < -0.4 is 5.73 Å². The zero-order valence-corrected chi connectivity index (χ0v) is 9.73. The van der Waals surface area contributed by atoms with E-state index in [0.717, 1.165) is 15.4 Å². The van der Waals surface area contributed by atoms with E-state index < -0.39 is 0 Å². The highest BCUT2D eigenvalue weighted by molar-refractivity contribution is 9.10. The number of fused-ring (bicyclic) bond motifs is 1. The fourth-order valence-electron chi connectivity index (χ4n) is 1.37. The van der Waals surface area contributed by atoms with Crippen molar-refractivity contribution in [3.63, 3.8) is 0 Å². The highest BCUT2D eigenvalue weighted by Gasteiger charge is 1.98. The van der Waals surface area contributed by atoms with Crippen LogP contribution >= 0.6 is 28.1 Å². The normalized spacial score (nSPS) is 10.4. The first-order chi connectivity index (χ1) is 6.66. The van der Waals surface area contributed by atoms with Gasteiger partial charge in [0.1, 0.15) is 4.99 Å². The molecule has 70 valence electrons. The number of rotatable bonds is 1. The second kappa shape index (κ2) is 3.67. The summed E-state index contributed by atoms with van der Waals surface area (Å²) in [5.74, 6) is 0. The van der Waals surface area contributed by atoms with Crippen molar-refractivity contribution in [1.29, 1.82) is 0 Å². The molecule has 0 atom stereocenters. The van der Waals surface area contributed by atoms with Crippen molar-refractivity contribution >= 4 is 43.9 Å². The summed E-state index contributed by atoms with van der Waals surface area (Å²) in [4.78, 5) is 0.440. The molecule has 2 aromatic rings. The van der Waals surface area contributed by atoms with Gasteiger partial charge in [0.25, 0.3) is 0 Å². The maximum Gasteiger partial charge on any atom is 0.104 e. The molecule has 0 amide bonds. The van der Waals surface area contributed by atoms with Gasteiger partial charge < -0.3 is 5.73 Å². The Morgan fingerprint density at radius 2 is 1.71 bits per heavy atom. The molecule has 2 rings (SSSR count). The van der Waals surface area contributed by atoms with Crippen molar-refractivity contribution < 1.29 is 0 Å². The molecule has 2 N–H and O–H groups in total. The zero-order valence-electron chi connectivity index (χ0n) is 7.33. The third kappa shape index (κ3) is 1.79. The van der Waals surface area contributed by atoms with E-state index in [1.807, 2.05) is 30.3 Å². The molecule has 0 unspecified atom stereocenters. The standard InChI is InChI=1S/C11H8BrNS/c12-10-4-3-7-5-9(11(13)14)2-1-8(7)6-10/h1-6H,(H2,13,14). The number of nitrogens with two attached hydrogens (primary N) is 1. The Labute approximate surface area is 96.0 Å². The molecule has 0 aliphatic heterocycles. The first-order valence-electron chi connectivity index (χ1n) is 4.16. The molecule has 0 fully saturated rings. The van der Waals surface area contributed by atoms with E-state index in [9.17, 15) is 0 Å². The largest absolute Gasteiger partial charge is 0.389 e. The van der Waals surface area contributed by atoms with Gasteiger partial charge in [0, 0.05) is 10.0 Å². The lowest BCUT2D eigenvalue weighted by molar-refractivity contribution is 1.65. The number of thiocarbonyl (C=S) groups is 1. The number of benzene rings is 2. The molecule has 0 aromatic heterocycles. The summed E-state index contributed by atoms with van der Waals surface area (Å²) in [6.07, 6.45) is 0. The Kier molecular flexibility index (Phi) is 2.52. The molecule has 0 bridgehead atoms. The molecule has 0 saturated carbocycles. The summed E-state index contributed by atoms with van der Waals surface area (Å²) in [7, 11) is 0. The molecule has 2 aromatic carbocycles. The van der Waals surface area contributed by atoms with Gasteiger partial charge in [-0.15, -0.1) is 0 Å². The van der Waals surface area contributed by atoms with E-state index in [1.54, 1.807) is 0 Å². The van der Waals surface area contributed by atoms with Crippen LogP contribution in [-0.2, 0) is 0 Å². The molecule has 1 nitrogen and oxygen atoms in total. The van der Waals surface area contributed by atoms with Crippen molar-refractivity contribution in [2.45, 2.75) is 0 Å². The van der Waals surface area contributed by atoms with Gasteiger partial charge >= 0.3 is 0 Å². The molecule has 0 aliphatic carbocycles. The number of halogens is 1. The van der Waals surface area contributed by atoms with Gasteiger partial charge in [-0.3, -0.25) is 0 Å². The minimum atomic E-state index is 0.440. The Balaban J connectivity index is 2.67. The van der Waals surface area contributed by atoms with Crippen LogP contribution in [0, 0.1) is 0 Å². The van der Waals surface area contributed by atoms with Crippen LogP contribution in [0.3, 0.4) is 0 Å².